The van der Waals surface area contributed by atoms with E-state index in [9.17, 15) is 24.4 Å². The second-order valence-corrected chi connectivity index (χ2v) is 5.95. The van der Waals surface area contributed by atoms with E-state index in [0.717, 1.165) is 12.5 Å². The molecule has 0 aliphatic carbocycles. The third-order valence-electron chi connectivity index (χ3n) is 4.75. The molecule has 126 valence electrons. The third-order valence-corrected chi connectivity index (χ3v) is 4.75. The Morgan fingerprint density at radius 1 is 1.48 bits per heavy atom. The van der Waals surface area contributed by atoms with Gasteiger partial charge >= 0.3 is 0 Å². The number of halogens is 1. The monoisotopic (exact) mass is 325 g/mol. The number of nitro groups is 1. The SMILES string of the molecule is CCC1(CO)CCN(C(=O)c2cc(F)cc([N+](=O)[O-])c2N)CC1. The summed E-state index contributed by atoms with van der Waals surface area (Å²) in [7, 11) is 0. The number of nitrogen functional groups attached to an aromatic ring is 1. The molecule has 3 N–H and O–H groups in total. The first-order valence-electron chi connectivity index (χ1n) is 7.47. The van der Waals surface area contributed by atoms with Crippen LogP contribution in [-0.2, 0) is 0 Å². The van der Waals surface area contributed by atoms with E-state index in [4.69, 9.17) is 5.73 Å². The molecule has 0 atom stereocenters. The van der Waals surface area contributed by atoms with E-state index in [1.807, 2.05) is 6.92 Å². The summed E-state index contributed by atoms with van der Waals surface area (Å²) < 4.78 is 13.6. The minimum atomic E-state index is -0.871. The second kappa shape index (κ2) is 6.49. The highest BCUT2D eigenvalue weighted by Gasteiger charge is 2.35. The van der Waals surface area contributed by atoms with Crippen LogP contribution in [0.25, 0.3) is 0 Å². The Bertz CT molecular complexity index is 621. The van der Waals surface area contributed by atoms with Gasteiger partial charge in [0.25, 0.3) is 11.6 Å². The lowest BCUT2D eigenvalue weighted by atomic mass is 9.77. The number of likely N-dealkylation sites (tertiary alicyclic amines) is 1. The number of amides is 1. The number of aliphatic hydroxyl groups is 1. The number of hydrogen-bond acceptors (Lipinski definition) is 5. The summed E-state index contributed by atoms with van der Waals surface area (Å²) in [6, 6.07) is 1.63. The Morgan fingerprint density at radius 3 is 2.57 bits per heavy atom. The van der Waals surface area contributed by atoms with Crippen LogP contribution < -0.4 is 5.73 Å². The van der Waals surface area contributed by atoms with Crippen molar-refractivity contribution in [1.82, 2.24) is 4.90 Å². The largest absolute Gasteiger partial charge is 0.396 e. The van der Waals surface area contributed by atoms with Crippen LogP contribution in [0.2, 0.25) is 0 Å². The lowest BCUT2D eigenvalue weighted by molar-refractivity contribution is -0.384. The molecule has 2 rings (SSSR count). The van der Waals surface area contributed by atoms with Gasteiger partial charge in [-0.15, -0.1) is 0 Å². The predicted octanol–water partition coefficient (Wildman–Crippen LogP) is 1.94. The summed E-state index contributed by atoms with van der Waals surface area (Å²) in [5, 5.41) is 20.4. The molecule has 1 saturated heterocycles. The summed E-state index contributed by atoms with van der Waals surface area (Å²) >= 11 is 0. The molecule has 0 saturated carbocycles. The first-order chi connectivity index (χ1) is 10.8. The molecule has 1 aromatic carbocycles. The van der Waals surface area contributed by atoms with Crippen molar-refractivity contribution in [2.75, 3.05) is 25.4 Å². The molecule has 0 spiro atoms. The maximum absolute atomic E-state index is 13.6. The fourth-order valence-electron chi connectivity index (χ4n) is 2.91. The average molecular weight is 325 g/mol. The van der Waals surface area contributed by atoms with E-state index in [2.05, 4.69) is 0 Å². The van der Waals surface area contributed by atoms with Gasteiger partial charge in [0, 0.05) is 19.7 Å². The topological polar surface area (TPSA) is 110 Å². The molecule has 1 amide bonds. The highest BCUT2D eigenvalue weighted by Crippen LogP contribution is 2.35. The molecule has 8 heteroatoms. The lowest BCUT2D eigenvalue weighted by Crippen LogP contribution is -2.44. The Labute approximate surface area is 133 Å². The molecule has 23 heavy (non-hydrogen) atoms. The number of carbonyl (C=O) groups excluding carboxylic acids is 1. The molecule has 7 nitrogen and oxygen atoms in total. The van der Waals surface area contributed by atoms with Crippen LogP contribution in [0.5, 0.6) is 0 Å². The molecule has 0 bridgehead atoms. The number of rotatable bonds is 4. The van der Waals surface area contributed by atoms with Gasteiger partial charge in [-0.25, -0.2) is 4.39 Å². The average Bonchev–Trinajstić information content (AvgIpc) is 2.55. The van der Waals surface area contributed by atoms with E-state index in [-0.39, 0.29) is 23.3 Å². The van der Waals surface area contributed by atoms with Crippen molar-refractivity contribution in [3.63, 3.8) is 0 Å². The molecule has 1 aromatic rings. The summed E-state index contributed by atoms with van der Waals surface area (Å²) in [5.41, 5.74) is 4.35. The summed E-state index contributed by atoms with van der Waals surface area (Å²) in [5.74, 6) is -1.39. The molecule has 1 fully saturated rings. The highest BCUT2D eigenvalue weighted by atomic mass is 19.1. The zero-order valence-electron chi connectivity index (χ0n) is 12.9. The number of benzene rings is 1. The van der Waals surface area contributed by atoms with Gasteiger partial charge in [-0.1, -0.05) is 6.92 Å². The van der Waals surface area contributed by atoms with Crippen LogP contribution >= 0.6 is 0 Å². The number of nitro benzene ring substituents is 1. The van der Waals surface area contributed by atoms with E-state index in [0.29, 0.717) is 32.0 Å². The Kier molecular flexibility index (Phi) is 4.84. The molecule has 1 aliphatic heterocycles. The maximum atomic E-state index is 13.6. The number of anilines is 1. The Hall–Kier alpha value is -2.22. The minimum Gasteiger partial charge on any atom is -0.396 e. The van der Waals surface area contributed by atoms with E-state index >= 15 is 0 Å². The van der Waals surface area contributed by atoms with E-state index in [1.165, 1.54) is 4.90 Å². The van der Waals surface area contributed by atoms with Gasteiger partial charge in [0.05, 0.1) is 16.6 Å². The Morgan fingerprint density at radius 2 is 2.09 bits per heavy atom. The van der Waals surface area contributed by atoms with Gasteiger partial charge in [-0.3, -0.25) is 14.9 Å². The van der Waals surface area contributed by atoms with Crippen LogP contribution in [0, 0.1) is 21.3 Å². The van der Waals surface area contributed by atoms with Crippen molar-refractivity contribution in [2.24, 2.45) is 5.41 Å². The van der Waals surface area contributed by atoms with Crippen molar-refractivity contribution in [2.45, 2.75) is 26.2 Å². The number of nitrogens with two attached hydrogens (primary N) is 1. The van der Waals surface area contributed by atoms with Crippen LogP contribution in [0.1, 0.15) is 36.5 Å². The van der Waals surface area contributed by atoms with Crippen molar-refractivity contribution in [3.8, 4) is 0 Å². The fraction of sp³-hybridized carbons (Fsp3) is 0.533. The molecule has 1 aliphatic rings. The quantitative estimate of drug-likeness (QED) is 0.499. The lowest BCUT2D eigenvalue weighted by Gasteiger charge is -2.40. The first-order valence-corrected chi connectivity index (χ1v) is 7.47. The molecule has 0 aromatic heterocycles. The highest BCUT2D eigenvalue weighted by molar-refractivity contribution is 6.01. The zero-order valence-corrected chi connectivity index (χ0v) is 12.9. The van der Waals surface area contributed by atoms with Crippen LogP contribution in [0.3, 0.4) is 0 Å². The van der Waals surface area contributed by atoms with Crippen LogP contribution in [-0.4, -0.2) is 40.5 Å². The van der Waals surface area contributed by atoms with Gasteiger partial charge < -0.3 is 15.7 Å². The Balaban J connectivity index is 2.24. The fourth-order valence-corrected chi connectivity index (χ4v) is 2.91. The van der Waals surface area contributed by atoms with Gasteiger partial charge in [0.1, 0.15) is 11.5 Å². The maximum Gasteiger partial charge on any atom is 0.295 e. The molecular formula is C15H20FN3O4. The normalized spacial score (nSPS) is 17.1. The molecular weight excluding hydrogens is 305 g/mol. The molecule has 0 radical (unpaired) electrons. The number of piperidine rings is 1. The molecule has 0 unspecified atom stereocenters. The van der Waals surface area contributed by atoms with Crippen molar-refractivity contribution < 1.29 is 19.2 Å². The van der Waals surface area contributed by atoms with E-state index < -0.39 is 22.3 Å². The zero-order chi connectivity index (χ0) is 17.2. The summed E-state index contributed by atoms with van der Waals surface area (Å²) in [6.07, 6.45) is 2.06. The summed E-state index contributed by atoms with van der Waals surface area (Å²) in [6.45, 7) is 2.84. The minimum absolute atomic E-state index is 0.0547. The van der Waals surface area contributed by atoms with Crippen molar-refractivity contribution >= 4 is 17.3 Å². The van der Waals surface area contributed by atoms with Gasteiger partial charge in [0.2, 0.25) is 0 Å². The number of hydrogen-bond donors (Lipinski definition) is 2. The predicted molar refractivity (Wildman–Crippen MR) is 82.4 cm³/mol. The van der Waals surface area contributed by atoms with Gasteiger partial charge in [-0.05, 0) is 30.7 Å². The number of nitrogens with zero attached hydrogens (tertiary/aromatic N) is 2. The van der Waals surface area contributed by atoms with Gasteiger partial charge in [0.15, 0.2) is 0 Å². The van der Waals surface area contributed by atoms with Crippen LogP contribution in [0.4, 0.5) is 15.8 Å². The number of aliphatic hydroxyl groups excluding tert-OH is 1. The van der Waals surface area contributed by atoms with Gasteiger partial charge in [-0.2, -0.15) is 0 Å². The van der Waals surface area contributed by atoms with E-state index in [1.54, 1.807) is 0 Å². The second-order valence-electron chi connectivity index (χ2n) is 5.95. The van der Waals surface area contributed by atoms with Crippen LogP contribution in [0.15, 0.2) is 12.1 Å². The number of carbonyl (C=O) groups is 1. The van der Waals surface area contributed by atoms with Crippen molar-refractivity contribution in [1.29, 1.82) is 0 Å². The third kappa shape index (κ3) is 3.26. The van der Waals surface area contributed by atoms with Crippen molar-refractivity contribution in [3.05, 3.63) is 33.6 Å². The smallest absolute Gasteiger partial charge is 0.295 e. The molecule has 1 heterocycles. The first kappa shape index (κ1) is 17.1. The summed E-state index contributed by atoms with van der Waals surface area (Å²) in [4.78, 5) is 24.1. The standard InChI is InChI=1S/C15H20FN3O4/c1-2-15(9-20)3-5-18(6-4-15)14(21)11-7-10(16)8-12(13(11)17)19(22)23/h7-8,20H,2-6,9,17H2,1H3.